The number of hydrogen-bond acceptors (Lipinski definition) is 4. The molecule has 2 N–H and O–H groups in total. The van der Waals surface area contributed by atoms with Crippen LogP contribution in [0, 0.1) is 10.1 Å². The number of pyridine rings is 1. The van der Waals surface area contributed by atoms with E-state index in [4.69, 9.17) is 5.11 Å². The van der Waals surface area contributed by atoms with Gasteiger partial charge in [-0.05, 0) is 0 Å². The first-order valence-corrected chi connectivity index (χ1v) is 3.94. The van der Waals surface area contributed by atoms with Gasteiger partial charge in [0.15, 0.2) is 0 Å². The maximum Gasteiger partial charge on any atom is 0.339 e. The number of nitrogens with one attached hydrogen (secondary N) is 1. The van der Waals surface area contributed by atoms with Gasteiger partial charge in [-0.3, -0.25) is 10.1 Å². The lowest BCUT2D eigenvalue weighted by molar-refractivity contribution is -0.385. The van der Waals surface area contributed by atoms with Crippen LogP contribution in [0.15, 0.2) is 18.5 Å². The number of fused-ring (bicyclic) bond motifs is 1. The second-order valence-corrected chi connectivity index (χ2v) is 2.85. The van der Waals surface area contributed by atoms with Crippen LogP contribution in [0.5, 0.6) is 0 Å². The van der Waals surface area contributed by atoms with E-state index in [1.165, 1.54) is 12.3 Å². The van der Waals surface area contributed by atoms with Crippen LogP contribution < -0.4 is 0 Å². The molecule has 2 aromatic rings. The van der Waals surface area contributed by atoms with Crippen LogP contribution in [0.3, 0.4) is 0 Å². The fraction of sp³-hybridized carbons (Fsp3) is 0. The molecule has 7 heteroatoms. The SMILES string of the molecule is O=C(O)c1c[nH]c2cc([N+](=O)[O-])cnc12. The molecule has 0 fully saturated rings. The third-order valence-corrected chi connectivity index (χ3v) is 1.94. The van der Waals surface area contributed by atoms with Crippen LogP contribution in [0.1, 0.15) is 10.4 Å². The number of aromatic carboxylic acids is 1. The van der Waals surface area contributed by atoms with Gasteiger partial charge in [-0.15, -0.1) is 0 Å². The largest absolute Gasteiger partial charge is 0.478 e. The first-order chi connectivity index (χ1) is 7.09. The molecule has 0 aliphatic carbocycles. The van der Waals surface area contributed by atoms with Crippen molar-refractivity contribution < 1.29 is 14.8 Å². The highest BCUT2D eigenvalue weighted by atomic mass is 16.6. The number of rotatable bonds is 2. The molecule has 0 spiro atoms. The summed E-state index contributed by atoms with van der Waals surface area (Å²) in [4.78, 5) is 26.9. The van der Waals surface area contributed by atoms with E-state index in [0.29, 0.717) is 5.52 Å². The summed E-state index contributed by atoms with van der Waals surface area (Å²) in [6, 6.07) is 1.24. The number of carboxylic acid groups (broad SMARTS) is 1. The molecule has 0 saturated heterocycles. The van der Waals surface area contributed by atoms with Gasteiger partial charge in [-0.25, -0.2) is 9.78 Å². The number of nitrogens with zero attached hydrogens (tertiary/aromatic N) is 2. The summed E-state index contributed by atoms with van der Waals surface area (Å²) in [5.74, 6) is -1.12. The number of aromatic nitrogens is 2. The topological polar surface area (TPSA) is 109 Å². The van der Waals surface area contributed by atoms with Crippen LogP contribution >= 0.6 is 0 Å². The summed E-state index contributed by atoms with van der Waals surface area (Å²) in [6.07, 6.45) is 2.28. The van der Waals surface area contributed by atoms with Crippen LogP contribution in [0.4, 0.5) is 5.69 Å². The van der Waals surface area contributed by atoms with E-state index in [1.54, 1.807) is 0 Å². The molecule has 0 amide bonds. The Morgan fingerprint density at radius 3 is 2.93 bits per heavy atom. The summed E-state index contributed by atoms with van der Waals surface area (Å²) in [5.41, 5.74) is 0.371. The summed E-state index contributed by atoms with van der Waals surface area (Å²) in [5, 5.41) is 19.2. The molecular weight excluding hydrogens is 202 g/mol. The van der Waals surface area contributed by atoms with E-state index in [9.17, 15) is 14.9 Å². The van der Waals surface area contributed by atoms with E-state index in [1.807, 2.05) is 0 Å². The Morgan fingerprint density at radius 2 is 2.33 bits per heavy atom. The average molecular weight is 207 g/mol. The Hall–Kier alpha value is -2.44. The minimum atomic E-state index is -1.12. The molecule has 15 heavy (non-hydrogen) atoms. The van der Waals surface area contributed by atoms with E-state index < -0.39 is 10.9 Å². The van der Waals surface area contributed by atoms with E-state index in [2.05, 4.69) is 9.97 Å². The van der Waals surface area contributed by atoms with Gasteiger partial charge < -0.3 is 10.1 Å². The minimum Gasteiger partial charge on any atom is -0.478 e. The molecule has 0 aliphatic heterocycles. The third kappa shape index (κ3) is 1.39. The van der Waals surface area contributed by atoms with E-state index in [0.717, 1.165) is 6.20 Å². The lowest BCUT2D eigenvalue weighted by atomic mass is 10.2. The maximum absolute atomic E-state index is 10.7. The van der Waals surface area contributed by atoms with Crippen molar-refractivity contribution in [3.63, 3.8) is 0 Å². The van der Waals surface area contributed by atoms with Crippen LogP contribution in [-0.2, 0) is 0 Å². The molecule has 0 atom stereocenters. The fourth-order valence-electron chi connectivity index (χ4n) is 1.26. The smallest absolute Gasteiger partial charge is 0.339 e. The lowest BCUT2D eigenvalue weighted by Gasteiger charge is -1.92. The van der Waals surface area contributed by atoms with Crippen molar-refractivity contribution in [3.05, 3.63) is 34.1 Å². The molecule has 0 saturated carbocycles. The van der Waals surface area contributed by atoms with Crippen molar-refractivity contribution in [2.75, 3.05) is 0 Å². The molecule has 76 valence electrons. The molecule has 7 nitrogen and oxygen atoms in total. The van der Waals surface area contributed by atoms with Gasteiger partial charge in [0, 0.05) is 12.3 Å². The molecule has 2 heterocycles. The molecular formula is C8H5N3O4. The molecule has 0 aliphatic rings. The van der Waals surface area contributed by atoms with Crippen molar-refractivity contribution in [2.45, 2.75) is 0 Å². The Labute approximate surface area is 82.5 Å². The highest BCUT2D eigenvalue weighted by Crippen LogP contribution is 2.20. The third-order valence-electron chi connectivity index (χ3n) is 1.94. The predicted molar refractivity (Wildman–Crippen MR) is 49.7 cm³/mol. The molecule has 2 rings (SSSR count). The zero-order valence-corrected chi connectivity index (χ0v) is 7.30. The van der Waals surface area contributed by atoms with Gasteiger partial charge in [0.1, 0.15) is 17.3 Å². The molecule has 0 unspecified atom stereocenters. The van der Waals surface area contributed by atoms with Gasteiger partial charge in [0.25, 0.3) is 5.69 Å². The van der Waals surface area contributed by atoms with Crippen molar-refractivity contribution in [1.82, 2.24) is 9.97 Å². The van der Waals surface area contributed by atoms with Crippen molar-refractivity contribution in [3.8, 4) is 0 Å². The number of carbonyl (C=O) groups is 1. The predicted octanol–water partition coefficient (Wildman–Crippen LogP) is 1.17. The monoisotopic (exact) mass is 207 g/mol. The van der Waals surface area contributed by atoms with E-state index >= 15 is 0 Å². The fourth-order valence-corrected chi connectivity index (χ4v) is 1.26. The van der Waals surface area contributed by atoms with Gasteiger partial charge in [-0.1, -0.05) is 0 Å². The summed E-state index contributed by atoms with van der Waals surface area (Å²) in [7, 11) is 0. The van der Waals surface area contributed by atoms with Crippen molar-refractivity contribution in [2.24, 2.45) is 0 Å². The highest BCUT2D eigenvalue weighted by molar-refractivity contribution is 6.01. The van der Waals surface area contributed by atoms with Gasteiger partial charge in [0.05, 0.1) is 10.4 Å². The minimum absolute atomic E-state index is 0.0000945. The maximum atomic E-state index is 10.7. The lowest BCUT2D eigenvalue weighted by Crippen LogP contribution is -1.95. The Kier molecular flexibility index (Phi) is 1.86. The van der Waals surface area contributed by atoms with Gasteiger partial charge >= 0.3 is 5.97 Å². The number of carboxylic acids is 1. The summed E-state index contributed by atoms with van der Waals surface area (Å²) >= 11 is 0. The normalized spacial score (nSPS) is 10.4. The second-order valence-electron chi connectivity index (χ2n) is 2.85. The standard InChI is InChI=1S/C8H5N3O4/c12-8(13)5-3-9-6-1-4(11(14)15)2-10-7(5)6/h1-3,9H,(H,12,13). The number of H-pyrrole nitrogens is 1. The first kappa shape index (κ1) is 9.13. The quantitative estimate of drug-likeness (QED) is 0.567. The van der Waals surface area contributed by atoms with Gasteiger partial charge in [0.2, 0.25) is 0 Å². The Morgan fingerprint density at radius 1 is 1.60 bits per heavy atom. The molecule has 0 bridgehead atoms. The Balaban J connectivity index is 2.66. The zero-order valence-electron chi connectivity index (χ0n) is 7.30. The summed E-state index contributed by atoms with van der Waals surface area (Å²) < 4.78 is 0. The van der Waals surface area contributed by atoms with Crippen LogP contribution in [0.2, 0.25) is 0 Å². The number of aromatic amines is 1. The molecule has 0 radical (unpaired) electrons. The Bertz CT molecular complexity index is 560. The van der Waals surface area contributed by atoms with Crippen LogP contribution in [-0.4, -0.2) is 26.0 Å². The second kappa shape index (κ2) is 3.05. The first-order valence-electron chi connectivity index (χ1n) is 3.94. The molecule has 2 aromatic heterocycles. The molecule has 0 aromatic carbocycles. The van der Waals surface area contributed by atoms with Crippen molar-refractivity contribution in [1.29, 1.82) is 0 Å². The zero-order chi connectivity index (χ0) is 11.0. The van der Waals surface area contributed by atoms with Crippen molar-refractivity contribution >= 4 is 22.7 Å². The number of hydrogen-bond donors (Lipinski definition) is 2. The van der Waals surface area contributed by atoms with Crippen LogP contribution in [0.25, 0.3) is 11.0 Å². The highest BCUT2D eigenvalue weighted by Gasteiger charge is 2.14. The summed E-state index contributed by atoms with van der Waals surface area (Å²) in [6.45, 7) is 0. The number of nitro groups is 1. The van der Waals surface area contributed by atoms with E-state index in [-0.39, 0.29) is 16.8 Å². The van der Waals surface area contributed by atoms with Gasteiger partial charge in [-0.2, -0.15) is 0 Å². The average Bonchev–Trinajstić information content (AvgIpc) is 2.59.